The summed E-state index contributed by atoms with van der Waals surface area (Å²) in [5, 5.41) is 3.01. The van der Waals surface area contributed by atoms with E-state index in [0.717, 1.165) is 12.0 Å². The molecule has 1 aromatic carbocycles. The summed E-state index contributed by atoms with van der Waals surface area (Å²) in [7, 11) is 0. The number of hydrogen-bond acceptors (Lipinski definition) is 2. The smallest absolute Gasteiger partial charge is 0.256 e. The number of hydrogen-bond donors (Lipinski definition) is 1. The van der Waals surface area contributed by atoms with Crippen LogP contribution in [0.5, 0.6) is 0 Å². The molecule has 0 aliphatic rings. The van der Waals surface area contributed by atoms with Crippen LogP contribution < -0.4 is 5.32 Å². The first-order chi connectivity index (χ1) is 9.11. The van der Waals surface area contributed by atoms with Gasteiger partial charge in [0.25, 0.3) is 5.91 Å². The van der Waals surface area contributed by atoms with Crippen LogP contribution in [0.1, 0.15) is 41.4 Å². The van der Waals surface area contributed by atoms with E-state index in [-0.39, 0.29) is 17.2 Å². The quantitative estimate of drug-likeness (QED) is 0.918. The Morgan fingerprint density at radius 1 is 1.32 bits per heavy atom. The van der Waals surface area contributed by atoms with E-state index in [4.69, 9.17) is 16.0 Å². The van der Waals surface area contributed by atoms with E-state index in [1.165, 1.54) is 11.8 Å². The molecule has 0 fully saturated rings. The van der Waals surface area contributed by atoms with Gasteiger partial charge in [-0.15, -0.1) is 0 Å². The van der Waals surface area contributed by atoms with Crippen LogP contribution in [0.3, 0.4) is 0 Å². The second-order valence-corrected chi connectivity index (χ2v) is 4.74. The lowest BCUT2D eigenvalue weighted by atomic mass is 10.0. The van der Waals surface area contributed by atoms with Gasteiger partial charge in [0, 0.05) is 0 Å². The molecular weight excluding hydrogens is 262 g/mol. The molecule has 3 nitrogen and oxygen atoms in total. The maximum atomic E-state index is 12.0. The third kappa shape index (κ3) is 3.18. The monoisotopic (exact) mass is 277 g/mol. The largest absolute Gasteiger partial charge is 0.452 e. The maximum Gasteiger partial charge on any atom is 0.256 e. The molecule has 19 heavy (non-hydrogen) atoms. The molecule has 2 rings (SSSR count). The van der Waals surface area contributed by atoms with Crippen molar-refractivity contribution < 1.29 is 9.21 Å². The van der Waals surface area contributed by atoms with Gasteiger partial charge in [0.05, 0.1) is 17.9 Å². The third-order valence-electron chi connectivity index (χ3n) is 3.10. The van der Waals surface area contributed by atoms with Crippen LogP contribution in [-0.2, 0) is 6.42 Å². The zero-order chi connectivity index (χ0) is 13.8. The van der Waals surface area contributed by atoms with Crippen molar-refractivity contribution in [1.29, 1.82) is 0 Å². The fourth-order valence-electron chi connectivity index (χ4n) is 1.86. The number of carbonyl (C=O) groups excluding carboxylic acids is 1. The van der Waals surface area contributed by atoms with Gasteiger partial charge in [-0.2, -0.15) is 0 Å². The summed E-state index contributed by atoms with van der Waals surface area (Å²) in [5.41, 5.74) is 2.70. The number of carbonyl (C=O) groups is 1. The number of benzene rings is 1. The molecule has 0 aliphatic carbocycles. The van der Waals surface area contributed by atoms with Gasteiger partial charge >= 0.3 is 0 Å². The van der Waals surface area contributed by atoms with Gasteiger partial charge in [-0.1, -0.05) is 31.2 Å². The summed E-state index contributed by atoms with van der Waals surface area (Å²) in [4.78, 5) is 12.0. The number of aryl methyl sites for hydroxylation is 1. The summed E-state index contributed by atoms with van der Waals surface area (Å²) < 4.78 is 4.91. The van der Waals surface area contributed by atoms with Crippen LogP contribution >= 0.6 is 11.6 Å². The Morgan fingerprint density at radius 3 is 2.53 bits per heavy atom. The van der Waals surface area contributed by atoms with Crippen molar-refractivity contribution in [2.45, 2.75) is 26.3 Å². The van der Waals surface area contributed by atoms with E-state index in [1.807, 2.05) is 19.1 Å². The van der Waals surface area contributed by atoms with E-state index in [1.54, 1.807) is 6.07 Å². The summed E-state index contributed by atoms with van der Waals surface area (Å²) in [6, 6.07) is 9.68. The third-order valence-corrected chi connectivity index (χ3v) is 3.39. The molecule has 1 aromatic heterocycles. The molecule has 0 saturated carbocycles. The minimum absolute atomic E-state index is 0.0793. The lowest BCUT2D eigenvalue weighted by molar-refractivity contribution is 0.0939. The van der Waals surface area contributed by atoms with Gasteiger partial charge in [0.1, 0.15) is 0 Å². The Labute approximate surface area is 117 Å². The van der Waals surface area contributed by atoms with E-state index in [9.17, 15) is 4.79 Å². The van der Waals surface area contributed by atoms with Crippen LogP contribution in [-0.4, -0.2) is 5.91 Å². The molecule has 1 N–H and O–H groups in total. The first-order valence-electron chi connectivity index (χ1n) is 6.24. The molecule has 0 aliphatic heterocycles. The fraction of sp³-hybridized carbons (Fsp3) is 0.267. The lowest BCUT2D eigenvalue weighted by Gasteiger charge is -2.14. The highest BCUT2D eigenvalue weighted by molar-refractivity contribution is 6.32. The normalized spacial score (nSPS) is 12.2. The molecule has 100 valence electrons. The van der Waals surface area contributed by atoms with Crippen molar-refractivity contribution in [2.24, 2.45) is 0 Å². The zero-order valence-corrected chi connectivity index (χ0v) is 11.7. The number of halogens is 1. The average Bonchev–Trinajstić information content (AvgIpc) is 2.85. The summed E-state index contributed by atoms with van der Waals surface area (Å²) in [6.45, 7) is 4.05. The summed E-state index contributed by atoms with van der Waals surface area (Å²) in [5.74, 6) is -0.231. The van der Waals surface area contributed by atoms with Crippen molar-refractivity contribution in [3.05, 3.63) is 58.5 Å². The molecule has 0 saturated heterocycles. The number of amides is 1. The number of furan rings is 1. The molecule has 1 amide bonds. The molecule has 1 unspecified atom stereocenters. The molecule has 1 atom stereocenters. The van der Waals surface area contributed by atoms with Gasteiger partial charge in [0.2, 0.25) is 5.22 Å². The average molecular weight is 278 g/mol. The topological polar surface area (TPSA) is 42.2 Å². The van der Waals surface area contributed by atoms with Crippen LogP contribution in [0, 0.1) is 0 Å². The molecule has 2 aromatic rings. The standard InChI is InChI=1S/C15H16ClNO2/c1-3-11-4-6-12(7-5-11)10(2)17-15(18)13-8-9-19-14(13)16/h4-10H,3H2,1-2H3,(H,17,18). The van der Waals surface area contributed by atoms with Crippen molar-refractivity contribution in [1.82, 2.24) is 5.32 Å². The first-order valence-corrected chi connectivity index (χ1v) is 6.62. The minimum atomic E-state index is -0.231. The summed E-state index contributed by atoms with van der Waals surface area (Å²) >= 11 is 5.78. The fourth-order valence-corrected chi connectivity index (χ4v) is 2.06. The van der Waals surface area contributed by atoms with E-state index in [0.29, 0.717) is 5.56 Å². The van der Waals surface area contributed by atoms with E-state index < -0.39 is 0 Å². The molecule has 1 heterocycles. The van der Waals surface area contributed by atoms with Crippen LogP contribution in [0.15, 0.2) is 41.0 Å². The van der Waals surface area contributed by atoms with Gasteiger partial charge in [-0.05, 0) is 42.1 Å². The van der Waals surface area contributed by atoms with Gasteiger partial charge in [-0.3, -0.25) is 4.79 Å². The van der Waals surface area contributed by atoms with Crippen molar-refractivity contribution in [3.63, 3.8) is 0 Å². The number of nitrogens with one attached hydrogen (secondary N) is 1. The Hall–Kier alpha value is -1.74. The zero-order valence-electron chi connectivity index (χ0n) is 10.9. The molecule has 0 spiro atoms. The minimum Gasteiger partial charge on any atom is -0.452 e. The highest BCUT2D eigenvalue weighted by atomic mass is 35.5. The van der Waals surface area contributed by atoms with E-state index >= 15 is 0 Å². The van der Waals surface area contributed by atoms with Crippen LogP contribution in [0.4, 0.5) is 0 Å². The van der Waals surface area contributed by atoms with Gasteiger partial charge in [0.15, 0.2) is 0 Å². The molecule has 0 bridgehead atoms. The predicted octanol–water partition coefficient (Wildman–Crippen LogP) is 3.99. The molecular formula is C15H16ClNO2. The maximum absolute atomic E-state index is 12.0. The highest BCUT2D eigenvalue weighted by Crippen LogP contribution is 2.19. The SMILES string of the molecule is CCc1ccc(C(C)NC(=O)c2ccoc2Cl)cc1. The Balaban J connectivity index is 2.06. The van der Waals surface area contributed by atoms with Crippen molar-refractivity contribution in [3.8, 4) is 0 Å². The predicted molar refractivity (Wildman–Crippen MR) is 75.4 cm³/mol. The second kappa shape index (κ2) is 5.93. The molecule has 0 radical (unpaired) electrons. The Kier molecular flexibility index (Phi) is 4.27. The Bertz CT molecular complexity index is 560. The first kappa shape index (κ1) is 13.7. The van der Waals surface area contributed by atoms with Crippen molar-refractivity contribution >= 4 is 17.5 Å². The second-order valence-electron chi connectivity index (χ2n) is 4.40. The molecule has 4 heteroatoms. The Morgan fingerprint density at radius 2 is 2.00 bits per heavy atom. The van der Waals surface area contributed by atoms with Crippen molar-refractivity contribution in [2.75, 3.05) is 0 Å². The highest BCUT2D eigenvalue weighted by Gasteiger charge is 2.15. The van der Waals surface area contributed by atoms with Gasteiger partial charge in [-0.25, -0.2) is 0 Å². The van der Waals surface area contributed by atoms with E-state index in [2.05, 4.69) is 24.4 Å². The van der Waals surface area contributed by atoms with Crippen LogP contribution in [0.2, 0.25) is 5.22 Å². The number of rotatable bonds is 4. The van der Waals surface area contributed by atoms with Crippen LogP contribution in [0.25, 0.3) is 0 Å². The van der Waals surface area contributed by atoms with Gasteiger partial charge < -0.3 is 9.73 Å². The summed E-state index contributed by atoms with van der Waals surface area (Å²) in [6.07, 6.45) is 2.41. The lowest BCUT2D eigenvalue weighted by Crippen LogP contribution is -2.26.